The van der Waals surface area contributed by atoms with E-state index in [9.17, 15) is 4.79 Å². The van der Waals surface area contributed by atoms with Crippen molar-refractivity contribution in [1.82, 2.24) is 20.9 Å². The normalized spacial score (nSPS) is 16.9. The van der Waals surface area contributed by atoms with Crippen LogP contribution in [0.5, 0.6) is 0 Å². The molecule has 32 heavy (non-hydrogen) atoms. The van der Waals surface area contributed by atoms with Crippen LogP contribution >= 0.6 is 0 Å². The van der Waals surface area contributed by atoms with Gasteiger partial charge in [-0.15, -0.1) is 0 Å². The molecule has 0 aliphatic carbocycles. The molecule has 1 fully saturated rings. The van der Waals surface area contributed by atoms with Crippen molar-refractivity contribution in [3.8, 4) is 0 Å². The molecule has 1 unspecified atom stereocenters. The van der Waals surface area contributed by atoms with Gasteiger partial charge in [-0.3, -0.25) is 0 Å². The zero-order valence-corrected chi connectivity index (χ0v) is 21.7. The van der Waals surface area contributed by atoms with Crippen molar-refractivity contribution in [3.05, 3.63) is 0 Å². The lowest BCUT2D eigenvalue weighted by Gasteiger charge is -2.31. The SMILES string of the molecule is CCCCCCCCCCCCCCCCCCNC(=O)NCCCN1CCNC(C)C1. The molecule has 1 heterocycles. The van der Waals surface area contributed by atoms with Crippen LogP contribution < -0.4 is 16.0 Å². The van der Waals surface area contributed by atoms with Crippen molar-refractivity contribution >= 4 is 6.03 Å². The van der Waals surface area contributed by atoms with E-state index >= 15 is 0 Å². The van der Waals surface area contributed by atoms with E-state index in [0.717, 1.165) is 52.1 Å². The molecule has 0 spiro atoms. The largest absolute Gasteiger partial charge is 0.338 e. The molecule has 0 saturated carbocycles. The van der Waals surface area contributed by atoms with Crippen LogP contribution in [0.1, 0.15) is 123 Å². The Morgan fingerprint density at radius 3 is 1.72 bits per heavy atom. The standard InChI is InChI=1S/C27H56N4O/c1-3-4-5-6-7-8-9-10-11-12-13-14-15-16-17-18-20-29-27(32)30-21-19-23-31-24-22-28-26(2)25-31/h26,28H,3-25H2,1-2H3,(H2,29,30,32). The minimum atomic E-state index is -0.000335. The van der Waals surface area contributed by atoms with Gasteiger partial charge < -0.3 is 20.9 Å². The summed E-state index contributed by atoms with van der Waals surface area (Å²) in [7, 11) is 0. The van der Waals surface area contributed by atoms with Crippen molar-refractivity contribution in [3.63, 3.8) is 0 Å². The minimum absolute atomic E-state index is 0.000335. The first kappa shape index (κ1) is 29.2. The van der Waals surface area contributed by atoms with E-state index in [4.69, 9.17) is 0 Å². The number of unbranched alkanes of at least 4 members (excludes halogenated alkanes) is 15. The van der Waals surface area contributed by atoms with Crippen molar-refractivity contribution < 1.29 is 4.79 Å². The number of rotatable bonds is 21. The number of carbonyl (C=O) groups excluding carboxylic acids is 1. The molecule has 5 heteroatoms. The third-order valence-corrected chi connectivity index (χ3v) is 6.71. The fraction of sp³-hybridized carbons (Fsp3) is 0.963. The first-order valence-corrected chi connectivity index (χ1v) is 14.2. The van der Waals surface area contributed by atoms with E-state index in [0.29, 0.717) is 6.04 Å². The molecule has 0 aromatic rings. The Hall–Kier alpha value is -0.810. The van der Waals surface area contributed by atoms with Crippen LogP contribution in [0.4, 0.5) is 4.79 Å². The maximum atomic E-state index is 11.9. The summed E-state index contributed by atoms with van der Waals surface area (Å²) in [6.07, 6.45) is 23.1. The molecular weight excluding hydrogens is 396 g/mol. The molecule has 5 nitrogen and oxygen atoms in total. The van der Waals surface area contributed by atoms with Crippen LogP contribution in [0.25, 0.3) is 0 Å². The number of amides is 2. The number of nitrogens with zero attached hydrogens (tertiary/aromatic N) is 1. The van der Waals surface area contributed by atoms with Crippen LogP contribution in [0, 0.1) is 0 Å². The zero-order chi connectivity index (χ0) is 23.1. The molecule has 1 atom stereocenters. The highest BCUT2D eigenvalue weighted by atomic mass is 16.2. The summed E-state index contributed by atoms with van der Waals surface area (Å²) in [5.74, 6) is 0. The minimum Gasteiger partial charge on any atom is -0.338 e. The van der Waals surface area contributed by atoms with Crippen molar-refractivity contribution in [2.45, 2.75) is 129 Å². The third kappa shape index (κ3) is 18.7. The Morgan fingerprint density at radius 2 is 1.22 bits per heavy atom. The molecular formula is C27H56N4O. The van der Waals surface area contributed by atoms with Crippen LogP contribution in [0.3, 0.4) is 0 Å². The maximum absolute atomic E-state index is 11.9. The summed E-state index contributed by atoms with van der Waals surface area (Å²) in [5, 5.41) is 9.46. The first-order valence-electron chi connectivity index (χ1n) is 14.2. The van der Waals surface area contributed by atoms with Gasteiger partial charge in [0.15, 0.2) is 0 Å². The molecule has 0 bridgehead atoms. The highest BCUT2D eigenvalue weighted by Gasteiger charge is 2.14. The fourth-order valence-electron chi connectivity index (χ4n) is 4.66. The summed E-state index contributed by atoms with van der Waals surface area (Å²) < 4.78 is 0. The average molecular weight is 453 g/mol. The second-order valence-corrected chi connectivity index (χ2v) is 10.00. The lowest BCUT2D eigenvalue weighted by Crippen LogP contribution is -2.49. The van der Waals surface area contributed by atoms with Crippen molar-refractivity contribution in [2.75, 3.05) is 39.3 Å². The molecule has 190 valence electrons. The quantitative estimate of drug-likeness (QED) is 0.181. The van der Waals surface area contributed by atoms with Crippen molar-refractivity contribution in [1.29, 1.82) is 0 Å². The van der Waals surface area contributed by atoms with Gasteiger partial charge in [0.05, 0.1) is 0 Å². The van der Waals surface area contributed by atoms with Gasteiger partial charge >= 0.3 is 6.03 Å². The Balaban J connectivity index is 1.72. The Kier molecular flexibility index (Phi) is 20.1. The van der Waals surface area contributed by atoms with Gasteiger partial charge in [-0.05, 0) is 26.3 Å². The smallest absolute Gasteiger partial charge is 0.314 e. The van der Waals surface area contributed by atoms with E-state index in [-0.39, 0.29) is 6.03 Å². The van der Waals surface area contributed by atoms with Gasteiger partial charge in [0.2, 0.25) is 0 Å². The molecule has 0 radical (unpaired) electrons. The Labute approximate surface area is 200 Å². The van der Waals surface area contributed by atoms with Gasteiger partial charge in [-0.1, -0.05) is 103 Å². The predicted octanol–water partition coefficient (Wildman–Crippen LogP) is 6.23. The lowest BCUT2D eigenvalue weighted by atomic mass is 10.0. The Morgan fingerprint density at radius 1 is 0.750 bits per heavy atom. The lowest BCUT2D eigenvalue weighted by molar-refractivity contribution is 0.203. The zero-order valence-electron chi connectivity index (χ0n) is 21.7. The predicted molar refractivity (Wildman–Crippen MR) is 139 cm³/mol. The molecule has 0 aromatic carbocycles. The van der Waals surface area contributed by atoms with E-state index in [1.807, 2.05) is 0 Å². The number of piperazine rings is 1. The maximum Gasteiger partial charge on any atom is 0.314 e. The summed E-state index contributed by atoms with van der Waals surface area (Å²) >= 11 is 0. The monoisotopic (exact) mass is 452 g/mol. The fourth-order valence-corrected chi connectivity index (χ4v) is 4.66. The number of urea groups is 1. The van der Waals surface area contributed by atoms with E-state index in [1.165, 1.54) is 96.3 Å². The Bertz CT molecular complexity index is 418. The van der Waals surface area contributed by atoms with E-state index in [1.54, 1.807) is 0 Å². The topological polar surface area (TPSA) is 56.4 Å². The van der Waals surface area contributed by atoms with Crippen LogP contribution in [0.2, 0.25) is 0 Å². The number of hydrogen-bond acceptors (Lipinski definition) is 3. The van der Waals surface area contributed by atoms with Gasteiger partial charge in [0, 0.05) is 38.8 Å². The van der Waals surface area contributed by atoms with E-state index in [2.05, 4.69) is 34.7 Å². The first-order chi connectivity index (χ1) is 15.7. The van der Waals surface area contributed by atoms with Gasteiger partial charge in [0.25, 0.3) is 0 Å². The molecule has 1 aliphatic rings. The average Bonchev–Trinajstić information content (AvgIpc) is 2.79. The molecule has 1 saturated heterocycles. The highest BCUT2D eigenvalue weighted by Crippen LogP contribution is 2.13. The van der Waals surface area contributed by atoms with Crippen LogP contribution in [-0.4, -0.2) is 56.2 Å². The molecule has 3 N–H and O–H groups in total. The summed E-state index contributed by atoms with van der Waals surface area (Å²) in [4.78, 5) is 14.3. The number of carbonyl (C=O) groups is 1. The summed E-state index contributed by atoms with van der Waals surface area (Å²) in [6, 6.07) is 0.583. The van der Waals surface area contributed by atoms with Gasteiger partial charge in [-0.25, -0.2) is 4.79 Å². The van der Waals surface area contributed by atoms with E-state index < -0.39 is 0 Å². The summed E-state index contributed by atoms with van der Waals surface area (Å²) in [6.45, 7) is 10.5. The van der Waals surface area contributed by atoms with Crippen LogP contribution in [-0.2, 0) is 0 Å². The second-order valence-electron chi connectivity index (χ2n) is 10.00. The highest BCUT2D eigenvalue weighted by molar-refractivity contribution is 5.73. The van der Waals surface area contributed by atoms with Crippen molar-refractivity contribution in [2.24, 2.45) is 0 Å². The molecule has 1 aliphatic heterocycles. The van der Waals surface area contributed by atoms with Crippen LogP contribution in [0.15, 0.2) is 0 Å². The number of hydrogen-bond donors (Lipinski definition) is 3. The van der Waals surface area contributed by atoms with Gasteiger partial charge in [0.1, 0.15) is 0 Å². The van der Waals surface area contributed by atoms with Gasteiger partial charge in [-0.2, -0.15) is 0 Å². The molecule has 0 aromatic heterocycles. The molecule has 2 amide bonds. The second kappa shape index (κ2) is 22.0. The summed E-state index contributed by atoms with van der Waals surface area (Å²) in [5.41, 5.74) is 0. The molecule has 1 rings (SSSR count). The third-order valence-electron chi connectivity index (χ3n) is 6.71. The number of nitrogens with one attached hydrogen (secondary N) is 3.